The third-order valence-corrected chi connectivity index (χ3v) is 9.47. The van der Waals surface area contributed by atoms with Crippen LogP contribution in [0.4, 0.5) is 0 Å². The zero-order valence-electron chi connectivity index (χ0n) is 18.1. The second-order valence-electron chi connectivity index (χ2n) is 7.84. The van der Waals surface area contributed by atoms with Crippen molar-refractivity contribution in [2.75, 3.05) is 19.0 Å². The SMILES string of the molecule is CS(=O)(=O)C1(N)C=C([P+](O)(CCOCc2ccccc2)OCc2ccccc2)C(N)=CC1. The fourth-order valence-corrected chi connectivity index (χ4v) is 6.25. The van der Waals surface area contributed by atoms with E-state index in [9.17, 15) is 13.3 Å². The van der Waals surface area contributed by atoms with Crippen molar-refractivity contribution in [3.05, 3.63) is 95.0 Å². The minimum absolute atomic E-state index is 0.0321. The maximum atomic E-state index is 12.3. The molecule has 2 unspecified atom stereocenters. The van der Waals surface area contributed by atoms with Gasteiger partial charge in [0.15, 0.2) is 15.2 Å². The Balaban J connectivity index is 1.82. The molecule has 7 nitrogen and oxygen atoms in total. The van der Waals surface area contributed by atoms with Gasteiger partial charge in [-0.1, -0.05) is 66.7 Å². The Morgan fingerprint density at radius 2 is 1.59 bits per heavy atom. The molecule has 2 aromatic rings. The molecule has 9 heteroatoms. The summed E-state index contributed by atoms with van der Waals surface area (Å²) in [6.45, 7) is 0.730. The highest BCUT2D eigenvalue weighted by molar-refractivity contribution is 7.92. The molecule has 2 atom stereocenters. The van der Waals surface area contributed by atoms with Gasteiger partial charge in [-0.3, -0.25) is 0 Å². The fourth-order valence-electron chi connectivity index (χ4n) is 3.27. The molecule has 0 spiro atoms. The van der Waals surface area contributed by atoms with Gasteiger partial charge in [-0.15, -0.1) is 0 Å². The molecule has 0 fully saturated rings. The van der Waals surface area contributed by atoms with Crippen molar-refractivity contribution in [3.8, 4) is 0 Å². The number of rotatable bonds is 10. The van der Waals surface area contributed by atoms with Crippen LogP contribution in [0.25, 0.3) is 0 Å². The molecule has 0 bridgehead atoms. The van der Waals surface area contributed by atoms with Gasteiger partial charge >= 0.3 is 7.72 Å². The van der Waals surface area contributed by atoms with Gasteiger partial charge in [0.1, 0.15) is 17.6 Å². The minimum Gasteiger partial charge on any atom is -0.396 e. The summed E-state index contributed by atoms with van der Waals surface area (Å²) in [5.41, 5.74) is 14.5. The number of hydrogen-bond donors (Lipinski definition) is 3. The highest BCUT2D eigenvalue weighted by Gasteiger charge is 2.49. The van der Waals surface area contributed by atoms with Crippen LogP contribution in [0.3, 0.4) is 0 Å². The lowest BCUT2D eigenvalue weighted by molar-refractivity contribution is 0.131. The van der Waals surface area contributed by atoms with Crippen LogP contribution in [0.1, 0.15) is 17.5 Å². The molecular weight excluding hydrogens is 447 g/mol. The Hall–Kier alpha value is -2.06. The van der Waals surface area contributed by atoms with E-state index in [1.807, 2.05) is 60.7 Å². The number of sulfone groups is 1. The third kappa shape index (κ3) is 6.04. The average molecular weight is 478 g/mol. The normalized spacial score (nSPS) is 20.8. The number of nitrogens with two attached hydrogens (primary N) is 2. The summed E-state index contributed by atoms with van der Waals surface area (Å²) in [6.07, 6.45) is 4.14. The summed E-state index contributed by atoms with van der Waals surface area (Å²) in [7, 11) is -6.99. The Kier molecular flexibility index (Phi) is 7.88. The zero-order chi connectivity index (χ0) is 23.2. The van der Waals surface area contributed by atoms with E-state index in [0.29, 0.717) is 6.61 Å². The summed E-state index contributed by atoms with van der Waals surface area (Å²) in [5.74, 6) is 0. The molecule has 0 heterocycles. The molecule has 3 rings (SSSR count). The van der Waals surface area contributed by atoms with Gasteiger partial charge in [-0.25, -0.2) is 13.3 Å². The molecule has 2 aromatic carbocycles. The van der Waals surface area contributed by atoms with Gasteiger partial charge in [0.25, 0.3) is 0 Å². The smallest absolute Gasteiger partial charge is 0.308 e. The fraction of sp³-hybridized carbons (Fsp3) is 0.304. The Morgan fingerprint density at radius 3 is 2.16 bits per heavy atom. The van der Waals surface area contributed by atoms with Crippen LogP contribution in [-0.2, 0) is 32.3 Å². The Morgan fingerprint density at radius 1 is 1.03 bits per heavy atom. The van der Waals surface area contributed by atoms with Crippen molar-refractivity contribution in [2.45, 2.75) is 24.5 Å². The zero-order valence-corrected chi connectivity index (χ0v) is 19.8. The molecule has 1 aliphatic rings. The van der Waals surface area contributed by atoms with Crippen molar-refractivity contribution in [1.29, 1.82) is 0 Å². The van der Waals surface area contributed by atoms with Crippen LogP contribution in [0, 0.1) is 0 Å². The van der Waals surface area contributed by atoms with E-state index in [-0.39, 0.29) is 36.8 Å². The second-order valence-corrected chi connectivity index (χ2v) is 12.7. The molecule has 0 amide bonds. The molecule has 0 aliphatic heterocycles. The second kappa shape index (κ2) is 10.3. The van der Waals surface area contributed by atoms with Gasteiger partial charge in [0, 0.05) is 18.8 Å². The number of ether oxygens (including phenoxy) is 1. The first kappa shape index (κ1) is 24.6. The molecule has 5 N–H and O–H groups in total. The minimum atomic E-state index is -3.65. The molecule has 32 heavy (non-hydrogen) atoms. The first-order valence-electron chi connectivity index (χ1n) is 10.2. The van der Waals surface area contributed by atoms with E-state index in [2.05, 4.69) is 0 Å². The topological polar surface area (TPSA) is 125 Å². The molecule has 0 saturated carbocycles. The average Bonchev–Trinajstić information content (AvgIpc) is 2.78. The number of hydrogen-bond acceptors (Lipinski definition) is 7. The van der Waals surface area contributed by atoms with Gasteiger partial charge in [0.05, 0.1) is 18.9 Å². The van der Waals surface area contributed by atoms with Crippen molar-refractivity contribution in [3.63, 3.8) is 0 Å². The molecular formula is C23H30N2O5PS+. The maximum absolute atomic E-state index is 12.3. The molecule has 1 aliphatic carbocycles. The van der Waals surface area contributed by atoms with E-state index in [1.54, 1.807) is 0 Å². The van der Waals surface area contributed by atoms with E-state index in [0.717, 1.165) is 17.4 Å². The molecule has 0 aromatic heterocycles. The van der Waals surface area contributed by atoms with Crippen LogP contribution in [0.15, 0.2) is 83.8 Å². The highest BCUT2D eigenvalue weighted by Crippen LogP contribution is 2.66. The highest BCUT2D eigenvalue weighted by atomic mass is 32.2. The van der Waals surface area contributed by atoms with Crippen molar-refractivity contribution in [1.82, 2.24) is 0 Å². The Bertz CT molecular complexity index is 1080. The largest absolute Gasteiger partial charge is 0.396 e. The van der Waals surface area contributed by atoms with Crippen LogP contribution in [0.2, 0.25) is 0 Å². The number of allylic oxidation sites excluding steroid dienone is 1. The van der Waals surface area contributed by atoms with Gasteiger partial charge in [0.2, 0.25) is 0 Å². The van der Waals surface area contributed by atoms with Crippen molar-refractivity contribution < 1.29 is 22.6 Å². The molecule has 172 valence electrons. The first-order chi connectivity index (χ1) is 15.1. The molecule has 0 saturated heterocycles. The standard InChI is InChI=1S/C23H30N2O5PS/c1-32(27,28)23(25)13-12-21(24)22(16-23)31(26,30-18-20-10-6-3-7-11-20)15-14-29-17-19-8-4-2-5-9-19/h2-12,16,26H,13-15,17-18,24-25H2,1H3/q+1. The predicted octanol–water partition coefficient (Wildman–Crippen LogP) is 3.09. The quantitative estimate of drug-likeness (QED) is 0.355. The lowest BCUT2D eigenvalue weighted by atomic mass is 10.1. The monoisotopic (exact) mass is 477 g/mol. The maximum Gasteiger partial charge on any atom is 0.308 e. The van der Waals surface area contributed by atoms with E-state index in [4.69, 9.17) is 20.7 Å². The lowest BCUT2D eigenvalue weighted by Crippen LogP contribution is -2.47. The summed E-state index contributed by atoms with van der Waals surface area (Å²) in [5, 5.41) is 0.246. The van der Waals surface area contributed by atoms with Crippen molar-refractivity contribution >= 4 is 17.6 Å². The van der Waals surface area contributed by atoms with E-state index >= 15 is 0 Å². The summed E-state index contributed by atoms with van der Waals surface area (Å²) >= 11 is 0. The predicted molar refractivity (Wildman–Crippen MR) is 128 cm³/mol. The van der Waals surface area contributed by atoms with Gasteiger partial charge in [-0.2, -0.15) is 4.52 Å². The Labute approximate surface area is 190 Å². The van der Waals surface area contributed by atoms with Crippen LogP contribution in [0.5, 0.6) is 0 Å². The third-order valence-electron chi connectivity index (χ3n) is 5.32. The van der Waals surface area contributed by atoms with Crippen LogP contribution in [-0.4, -0.2) is 37.2 Å². The first-order valence-corrected chi connectivity index (χ1v) is 14.0. The van der Waals surface area contributed by atoms with E-state index < -0.39 is 22.4 Å². The summed E-state index contributed by atoms with van der Waals surface area (Å²) in [4.78, 5) is 9.98. The molecule has 0 radical (unpaired) electrons. The summed E-state index contributed by atoms with van der Waals surface area (Å²) in [6, 6.07) is 19.1. The summed E-state index contributed by atoms with van der Waals surface area (Å²) < 4.78 is 36.4. The van der Waals surface area contributed by atoms with E-state index in [1.165, 1.54) is 12.2 Å². The van der Waals surface area contributed by atoms with Crippen LogP contribution >= 0.6 is 7.72 Å². The van der Waals surface area contributed by atoms with Gasteiger partial charge in [-0.05, 0) is 11.1 Å². The number of benzene rings is 2. The van der Waals surface area contributed by atoms with Crippen LogP contribution < -0.4 is 11.5 Å². The lowest BCUT2D eigenvalue weighted by Gasteiger charge is -2.30. The van der Waals surface area contributed by atoms with Gasteiger partial charge < -0.3 is 16.2 Å². The van der Waals surface area contributed by atoms with Crippen molar-refractivity contribution in [2.24, 2.45) is 11.5 Å².